The first-order valence-electron chi connectivity index (χ1n) is 4.84. The van der Waals surface area contributed by atoms with Gasteiger partial charge < -0.3 is 5.11 Å². The molecule has 0 bridgehead atoms. The SMILES string of the molecule is O=C(O)c1nc(-c2ccc(Cl)cc2Cl)ccc1F. The second kappa shape index (κ2) is 4.92. The van der Waals surface area contributed by atoms with E-state index in [1.807, 2.05) is 0 Å². The van der Waals surface area contributed by atoms with Crippen molar-refractivity contribution in [2.24, 2.45) is 0 Å². The van der Waals surface area contributed by atoms with Crippen LogP contribution in [0.15, 0.2) is 30.3 Å². The first kappa shape index (κ1) is 12.8. The van der Waals surface area contributed by atoms with Crippen LogP contribution in [0.3, 0.4) is 0 Å². The molecule has 3 nitrogen and oxygen atoms in total. The normalized spacial score (nSPS) is 10.4. The number of rotatable bonds is 2. The Kier molecular flexibility index (Phi) is 3.50. The zero-order chi connectivity index (χ0) is 13.3. The third kappa shape index (κ3) is 2.44. The molecule has 0 aliphatic carbocycles. The third-order valence-corrected chi connectivity index (χ3v) is 2.80. The molecular weight excluding hydrogens is 280 g/mol. The molecule has 2 aromatic rings. The van der Waals surface area contributed by atoms with Gasteiger partial charge in [-0.3, -0.25) is 0 Å². The largest absolute Gasteiger partial charge is 0.476 e. The van der Waals surface area contributed by atoms with Gasteiger partial charge in [-0.15, -0.1) is 0 Å². The highest BCUT2D eigenvalue weighted by atomic mass is 35.5. The summed E-state index contributed by atoms with van der Waals surface area (Å²) >= 11 is 11.7. The molecule has 6 heteroatoms. The number of hydrogen-bond donors (Lipinski definition) is 1. The number of halogens is 3. The molecule has 0 unspecified atom stereocenters. The lowest BCUT2D eigenvalue weighted by atomic mass is 10.1. The van der Waals surface area contributed by atoms with Crippen molar-refractivity contribution in [1.29, 1.82) is 0 Å². The van der Waals surface area contributed by atoms with Crippen LogP contribution >= 0.6 is 23.2 Å². The molecular formula is C12H6Cl2FNO2. The number of pyridine rings is 1. The van der Waals surface area contributed by atoms with E-state index in [1.165, 1.54) is 12.1 Å². The third-order valence-electron chi connectivity index (χ3n) is 2.26. The van der Waals surface area contributed by atoms with Crippen LogP contribution < -0.4 is 0 Å². The maximum atomic E-state index is 13.2. The van der Waals surface area contributed by atoms with E-state index < -0.39 is 17.5 Å². The van der Waals surface area contributed by atoms with Gasteiger partial charge in [-0.25, -0.2) is 14.2 Å². The Bertz CT molecular complexity index is 631. The van der Waals surface area contributed by atoms with E-state index in [4.69, 9.17) is 28.3 Å². The van der Waals surface area contributed by atoms with E-state index >= 15 is 0 Å². The highest BCUT2D eigenvalue weighted by Gasteiger charge is 2.14. The van der Waals surface area contributed by atoms with Crippen molar-refractivity contribution in [1.82, 2.24) is 4.98 Å². The van der Waals surface area contributed by atoms with Gasteiger partial charge in [0.2, 0.25) is 0 Å². The molecule has 0 atom stereocenters. The van der Waals surface area contributed by atoms with Crippen LogP contribution in [-0.2, 0) is 0 Å². The molecule has 0 spiro atoms. The lowest BCUT2D eigenvalue weighted by Crippen LogP contribution is -2.05. The number of carbonyl (C=O) groups is 1. The van der Waals surface area contributed by atoms with Gasteiger partial charge in [0.25, 0.3) is 0 Å². The zero-order valence-electron chi connectivity index (χ0n) is 8.82. The quantitative estimate of drug-likeness (QED) is 0.911. The second-order valence-corrected chi connectivity index (χ2v) is 4.30. The Hall–Kier alpha value is -1.65. The van der Waals surface area contributed by atoms with E-state index in [0.29, 0.717) is 15.6 Å². The van der Waals surface area contributed by atoms with Crippen molar-refractivity contribution in [2.75, 3.05) is 0 Å². The number of carboxylic acid groups (broad SMARTS) is 1. The summed E-state index contributed by atoms with van der Waals surface area (Å²) < 4.78 is 13.2. The van der Waals surface area contributed by atoms with Gasteiger partial charge in [-0.1, -0.05) is 23.2 Å². The maximum Gasteiger partial charge on any atom is 0.357 e. The fourth-order valence-corrected chi connectivity index (χ4v) is 1.94. The number of aromatic nitrogens is 1. The van der Waals surface area contributed by atoms with E-state index in [2.05, 4.69) is 4.98 Å². The Balaban J connectivity index is 2.58. The van der Waals surface area contributed by atoms with Crippen LogP contribution in [0.5, 0.6) is 0 Å². The van der Waals surface area contributed by atoms with Gasteiger partial charge in [-0.05, 0) is 30.3 Å². The number of aromatic carboxylic acids is 1. The summed E-state index contributed by atoms with van der Waals surface area (Å²) in [6, 6.07) is 7.09. The smallest absolute Gasteiger partial charge is 0.357 e. The van der Waals surface area contributed by atoms with Crippen LogP contribution in [0.1, 0.15) is 10.5 Å². The van der Waals surface area contributed by atoms with Gasteiger partial charge >= 0.3 is 5.97 Å². The van der Waals surface area contributed by atoms with Crippen LogP contribution in [0, 0.1) is 5.82 Å². The van der Waals surface area contributed by atoms with Gasteiger partial charge in [0.05, 0.1) is 10.7 Å². The first-order valence-corrected chi connectivity index (χ1v) is 5.60. The molecule has 2 rings (SSSR count). The molecule has 0 saturated heterocycles. The van der Waals surface area contributed by atoms with Gasteiger partial charge in [0, 0.05) is 10.6 Å². The van der Waals surface area contributed by atoms with Crippen LogP contribution in [0.25, 0.3) is 11.3 Å². The minimum Gasteiger partial charge on any atom is -0.476 e. The molecule has 0 saturated carbocycles. The average Bonchev–Trinajstić information content (AvgIpc) is 2.30. The van der Waals surface area contributed by atoms with E-state index in [9.17, 15) is 9.18 Å². The summed E-state index contributed by atoms with van der Waals surface area (Å²) in [5, 5.41) is 9.56. The van der Waals surface area contributed by atoms with Crippen molar-refractivity contribution >= 4 is 29.2 Å². The van der Waals surface area contributed by atoms with Crippen LogP contribution in [0.2, 0.25) is 10.0 Å². The average molecular weight is 286 g/mol. The number of benzene rings is 1. The molecule has 0 fully saturated rings. The first-order chi connectivity index (χ1) is 8.49. The predicted molar refractivity (Wildman–Crippen MR) is 66.6 cm³/mol. The van der Waals surface area contributed by atoms with Gasteiger partial charge in [0.15, 0.2) is 11.5 Å². The molecule has 1 aromatic heterocycles. The number of nitrogens with zero attached hydrogens (tertiary/aromatic N) is 1. The van der Waals surface area contributed by atoms with Crippen LogP contribution in [0.4, 0.5) is 4.39 Å². The van der Waals surface area contributed by atoms with Crippen molar-refractivity contribution in [3.63, 3.8) is 0 Å². The number of carboxylic acids is 1. The van der Waals surface area contributed by atoms with Crippen molar-refractivity contribution < 1.29 is 14.3 Å². The molecule has 18 heavy (non-hydrogen) atoms. The Morgan fingerprint density at radius 1 is 1.22 bits per heavy atom. The Morgan fingerprint density at radius 3 is 2.56 bits per heavy atom. The second-order valence-electron chi connectivity index (χ2n) is 3.46. The lowest BCUT2D eigenvalue weighted by molar-refractivity contribution is 0.0685. The number of hydrogen-bond acceptors (Lipinski definition) is 2. The molecule has 1 heterocycles. The maximum absolute atomic E-state index is 13.2. The highest BCUT2D eigenvalue weighted by molar-refractivity contribution is 6.36. The lowest BCUT2D eigenvalue weighted by Gasteiger charge is -2.05. The minimum atomic E-state index is -1.43. The molecule has 0 aliphatic rings. The zero-order valence-corrected chi connectivity index (χ0v) is 10.3. The topological polar surface area (TPSA) is 50.2 Å². The van der Waals surface area contributed by atoms with Crippen molar-refractivity contribution in [2.45, 2.75) is 0 Å². The monoisotopic (exact) mass is 285 g/mol. The minimum absolute atomic E-state index is 0.274. The van der Waals surface area contributed by atoms with Crippen molar-refractivity contribution in [3.8, 4) is 11.3 Å². The summed E-state index contributed by atoms with van der Waals surface area (Å²) in [7, 11) is 0. The van der Waals surface area contributed by atoms with E-state index in [-0.39, 0.29) is 5.69 Å². The summed E-state index contributed by atoms with van der Waals surface area (Å²) in [4.78, 5) is 14.5. The summed E-state index contributed by atoms with van der Waals surface area (Å²) in [5.74, 6) is -2.32. The van der Waals surface area contributed by atoms with Crippen LogP contribution in [-0.4, -0.2) is 16.1 Å². The molecule has 0 amide bonds. The van der Waals surface area contributed by atoms with Crippen molar-refractivity contribution in [3.05, 3.63) is 51.9 Å². The molecule has 1 aromatic carbocycles. The standard InChI is InChI=1S/C12H6Cl2FNO2/c13-6-1-2-7(8(14)5-6)10-4-3-9(15)11(16-10)12(17)18/h1-5H,(H,17,18). The van der Waals surface area contributed by atoms with Gasteiger partial charge in [-0.2, -0.15) is 0 Å². The summed E-state index contributed by atoms with van der Waals surface area (Å²) in [6.07, 6.45) is 0. The molecule has 92 valence electrons. The Labute approximate surface area is 112 Å². The van der Waals surface area contributed by atoms with Gasteiger partial charge in [0.1, 0.15) is 0 Å². The fourth-order valence-electron chi connectivity index (χ4n) is 1.44. The fraction of sp³-hybridized carbons (Fsp3) is 0. The summed E-state index contributed by atoms with van der Waals surface area (Å²) in [6.45, 7) is 0. The molecule has 1 N–H and O–H groups in total. The predicted octanol–water partition coefficient (Wildman–Crippen LogP) is 3.89. The Morgan fingerprint density at radius 2 is 1.94 bits per heavy atom. The molecule has 0 aliphatic heterocycles. The van der Waals surface area contributed by atoms with E-state index in [1.54, 1.807) is 12.1 Å². The van der Waals surface area contributed by atoms with E-state index in [0.717, 1.165) is 6.07 Å². The highest BCUT2D eigenvalue weighted by Crippen LogP contribution is 2.29. The summed E-state index contributed by atoms with van der Waals surface area (Å²) in [5.41, 5.74) is 0.123. The molecule has 0 radical (unpaired) electrons.